The number of nitrogens with one attached hydrogen (secondary N) is 1. The summed E-state index contributed by atoms with van der Waals surface area (Å²) in [5, 5.41) is 7.66. The fraction of sp³-hybridized carbons (Fsp3) is 0.444. The highest BCUT2D eigenvalue weighted by molar-refractivity contribution is 14.0. The zero-order valence-corrected chi connectivity index (χ0v) is 17.3. The Hall–Kier alpha value is -1.77. The van der Waals surface area contributed by atoms with E-state index in [0.29, 0.717) is 12.5 Å². The van der Waals surface area contributed by atoms with E-state index < -0.39 is 0 Å². The summed E-state index contributed by atoms with van der Waals surface area (Å²) in [5.74, 6) is 1.30. The van der Waals surface area contributed by atoms with E-state index in [0.717, 1.165) is 30.1 Å². The van der Waals surface area contributed by atoms with Crippen molar-refractivity contribution in [2.24, 2.45) is 10.7 Å². The molecule has 6 nitrogen and oxygen atoms in total. The summed E-state index contributed by atoms with van der Waals surface area (Å²) in [6, 6.07) is 9.70. The number of aliphatic imine (C=N–C) groups is 1. The van der Waals surface area contributed by atoms with Crippen LogP contribution in [0.3, 0.4) is 0 Å². The van der Waals surface area contributed by atoms with Crippen LogP contribution >= 0.6 is 24.0 Å². The van der Waals surface area contributed by atoms with Gasteiger partial charge in [-0.3, -0.25) is 0 Å². The highest BCUT2D eigenvalue weighted by atomic mass is 127. The lowest BCUT2D eigenvalue weighted by Gasteiger charge is -2.05. The first-order valence-corrected chi connectivity index (χ1v) is 8.45. The Morgan fingerprint density at radius 3 is 2.64 bits per heavy atom. The average molecular weight is 457 g/mol. The van der Waals surface area contributed by atoms with Crippen LogP contribution in [0.1, 0.15) is 38.3 Å². The van der Waals surface area contributed by atoms with Gasteiger partial charge in [-0.2, -0.15) is 5.10 Å². The van der Waals surface area contributed by atoms with E-state index in [-0.39, 0.29) is 24.0 Å². The normalized spacial score (nSPS) is 11.0. The van der Waals surface area contributed by atoms with Crippen LogP contribution in [0.2, 0.25) is 0 Å². The Bertz CT molecular complexity index is 639. The van der Waals surface area contributed by atoms with Crippen LogP contribution in [0.5, 0.6) is 5.75 Å². The molecule has 2 rings (SSSR count). The van der Waals surface area contributed by atoms with Crippen molar-refractivity contribution in [3.8, 4) is 11.4 Å². The zero-order chi connectivity index (χ0) is 17.2. The van der Waals surface area contributed by atoms with Crippen LogP contribution in [0, 0.1) is 0 Å². The molecule has 0 saturated carbocycles. The van der Waals surface area contributed by atoms with Crippen molar-refractivity contribution in [1.29, 1.82) is 0 Å². The van der Waals surface area contributed by atoms with Crippen LogP contribution in [0.15, 0.2) is 41.5 Å². The highest BCUT2D eigenvalue weighted by Crippen LogP contribution is 2.14. The van der Waals surface area contributed by atoms with Crippen LogP contribution < -0.4 is 15.8 Å². The van der Waals surface area contributed by atoms with Crippen molar-refractivity contribution in [2.75, 3.05) is 13.7 Å². The minimum atomic E-state index is 0. The molecule has 7 heteroatoms. The molecule has 2 aromatic rings. The number of hydrogen-bond acceptors (Lipinski definition) is 3. The number of methoxy groups -OCH3 is 1. The maximum atomic E-state index is 5.88. The van der Waals surface area contributed by atoms with Crippen LogP contribution in [0.25, 0.3) is 5.69 Å². The summed E-state index contributed by atoms with van der Waals surface area (Å²) in [6.07, 6.45) is 6.77. The molecule has 0 radical (unpaired) electrons. The first kappa shape index (κ1) is 21.3. The second-order valence-corrected chi connectivity index (χ2v) is 5.64. The fourth-order valence-electron chi connectivity index (χ4n) is 2.32. The summed E-state index contributed by atoms with van der Waals surface area (Å²) in [6.45, 7) is 3.54. The second-order valence-electron chi connectivity index (χ2n) is 5.64. The SMILES string of the molecule is CCCCCCNC(N)=NCc1ccn(-c2ccc(OC)cc2)n1.I. The molecule has 1 aromatic carbocycles. The number of guanidine groups is 1. The molecule has 0 unspecified atom stereocenters. The van der Waals surface area contributed by atoms with Crippen molar-refractivity contribution in [1.82, 2.24) is 15.1 Å². The van der Waals surface area contributed by atoms with Gasteiger partial charge in [0.1, 0.15) is 5.75 Å². The lowest BCUT2D eigenvalue weighted by Crippen LogP contribution is -2.32. The van der Waals surface area contributed by atoms with E-state index in [9.17, 15) is 0 Å². The van der Waals surface area contributed by atoms with Crippen molar-refractivity contribution in [3.63, 3.8) is 0 Å². The molecule has 138 valence electrons. The predicted octanol–water partition coefficient (Wildman–Crippen LogP) is 3.48. The monoisotopic (exact) mass is 457 g/mol. The number of rotatable bonds is 9. The second kappa shape index (κ2) is 11.7. The molecule has 0 aliphatic heterocycles. The number of nitrogens with two attached hydrogens (primary N) is 1. The number of benzene rings is 1. The van der Waals surface area contributed by atoms with Crippen molar-refractivity contribution in [3.05, 3.63) is 42.2 Å². The third kappa shape index (κ3) is 7.33. The Labute approximate surface area is 166 Å². The summed E-state index contributed by atoms with van der Waals surface area (Å²) in [5.41, 5.74) is 7.73. The Morgan fingerprint density at radius 1 is 1.20 bits per heavy atom. The molecule has 1 aromatic heterocycles. The molecule has 0 fully saturated rings. The molecule has 0 amide bonds. The van der Waals surface area contributed by atoms with Gasteiger partial charge in [0.25, 0.3) is 0 Å². The average Bonchev–Trinajstić information content (AvgIpc) is 3.09. The van der Waals surface area contributed by atoms with Crippen LogP contribution in [-0.4, -0.2) is 29.4 Å². The summed E-state index contributed by atoms with van der Waals surface area (Å²) >= 11 is 0. The maximum Gasteiger partial charge on any atom is 0.188 e. The fourth-order valence-corrected chi connectivity index (χ4v) is 2.32. The van der Waals surface area contributed by atoms with Gasteiger partial charge in [0.05, 0.1) is 25.0 Å². The first-order chi connectivity index (χ1) is 11.7. The first-order valence-electron chi connectivity index (χ1n) is 8.45. The Balaban J connectivity index is 0.00000312. The maximum absolute atomic E-state index is 5.88. The summed E-state index contributed by atoms with van der Waals surface area (Å²) in [7, 11) is 1.65. The van der Waals surface area contributed by atoms with Gasteiger partial charge < -0.3 is 15.8 Å². The van der Waals surface area contributed by atoms with Gasteiger partial charge in [0, 0.05) is 12.7 Å². The minimum Gasteiger partial charge on any atom is -0.497 e. The molecule has 0 aliphatic carbocycles. The van der Waals surface area contributed by atoms with Gasteiger partial charge in [-0.25, -0.2) is 9.67 Å². The topological polar surface area (TPSA) is 77.5 Å². The lowest BCUT2D eigenvalue weighted by molar-refractivity contribution is 0.414. The molecule has 0 spiro atoms. The van der Waals surface area contributed by atoms with Gasteiger partial charge in [-0.1, -0.05) is 26.2 Å². The van der Waals surface area contributed by atoms with E-state index in [4.69, 9.17) is 10.5 Å². The number of halogens is 1. The minimum absolute atomic E-state index is 0. The largest absolute Gasteiger partial charge is 0.497 e. The lowest BCUT2D eigenvalue weighted by atomic mass is 10.2. The molecule has 1 heterocycles. The van der Waals surface area contributed by atoms with Gasteiger partial charge in [-0.05, 0) is 36.8 Å². The molecule has 3 N–H and O–H groups in total. The zero-order valence-electron chi connectivity index (χ0n) is 14.9. The smallest absolute Gasteiger partial charge is 0.188 e. The van der Waals surface area contributed by atoms with E-state index in [1.807, 2.05) is 41.2 Å². The highest BCUT2D eigenvalue weighted by Gasteiger charge is 2.02. The number of nitrogens with zero attached hydrogens (tertiary/aromatic N) is 3. The Kier molecular flexibility index (Phi) is 9.98. The predicted molar refractivity (Wildman–Crippen MR) is 113 cm³/mol. The third-order valence-electron chi connectivity index (χ3n) is 3.73. The molecule has 0 atom stereocenters. The number of aromatic nitrogens is 2. The Morgan fingerprint density at radius 2 is 1.96 bits per heavy atom. The van der Waals surface area contributed by atoms with E-state index in [2.05, 4.69) is 22.3 Å². The van der Waals surface area contributed by atoms with Gasteiger partial charge in [-0.15, -0.1) is 24.0 Å². The number of unbranched alkanes of at least 4 members (excludes halogenated alkanes) is 3. The summed E-state index contributed by atoms with van der Waals surface area (Å²) < 4.78 is 6.98. The molecular weight excluding hydrogens is 429 g/mol. The number of ether oxygens (including phenoxy) is 1. The van der Waals surface area contributed by atoms with Gasteiger partial charge >= 0.3 is 0 Å². The summed E-state index contributed by atoms with van der Waals surface area (Å²) in [4.78, 5) is 4.33. The quantitative estimate of drug-likeness (QED) is 0.262. The van der Waals surface area contributed by atoms with Crippen LogP contribution in [0.4, 0.5) is 0 Å². The molecule has 0 aliphatic rings. The van der Waals surface area contributed by atoms with Gasteiger partial charge in [0.15, 0.2) is 5.96 Å². The molecular formula is C18H28IN5O. The molecule has 0 bridgehead atoms. The molecule has 0 saturated heterocycles. The third-order valence-corrected chi connectivity index (χ3v) is 3.73. The van der Waals surface area contributed by atoms with Crippen molar-refractivity contribution in [2.45, 2.75) is 39.2 Å². The van der Waals surface area contributed by atoms with Crippen LogP contribution in [-0.2, 0) is 6.54 Å². The van der Waals surface area contributed by atoms with Gasteiger partial charge in [0.2, 0.25) is 0 Å². The van der Waals surface area contributed by atoms with E-state index in [1.54, 1.807) is 7.11 Å². The van der Waals surface area contributed by atoms with Crippen molar-refractivity contribution < 1.29 is 4.74 Å². The van der Waals surface area contributed by atoms with E-state index in [1.165, 1.54) is 19.3 Å². The van der Waals surface area contributed by atoms with Crippen molar-refractivity contribution >= 4 is 29.9 Å². The molecule has 25 heavy (non-hydrogen) atoms. The number of hydrogen-bond donors (Lipinski definition) is 2. The standard InChI is InChI=1S/C18H27N5O.HI/c1-3-4-5-6-12-20-18(19)21-14-15-11-13-23(22-15)16-7-9-17(24-2)10-8-16;/h7-11,13H,3-6,12,14H2,1-2H3,(H3,19,20,21);1H. The van der Waals surface area contributed by atoms with E-state index >= 15 is 0 Å².